The molecule has 0 bridgehead atoms. The van der Waals surface area contributed by atoms with Gasteiger partial charge in [0.2, 0.25) is 5.91 Å². The second kappa shape index (κ2) is 10.00. The average molecular weight is 299 g/mol. The van der Waals surface area contributed by atoms with Crippen molar-refractivity contribution in [2.75, 3.05) is 19.0 Å². The number of nitrogens with one attached hydrogen (secondary N) is 1. The van der Waals surface area contributed by atoms with Gasteiger partial charge in [-0.2, -0.15) is 0 Å². The SMILES string of the molecule is COC(=O)C=Cc1ccc(NC(=O)CCCN)cc1.Cl. The van der Waals surface area contributed by atoms with E-state index < -0.39 is 5.97 Å². The van der Waals surface area contributed by atoms with E-state index in [0.29, 0.717) is 19.4 Å². The molecule has 6 heteroatoms. The van der Waals surface area contributed by atoms with Gasteiger partial charge in [0.15, 0.2) is 0 Å². The van der Waals surface area contributed by atoms with E-state index >= 15 is 0 Å². The molecular weight excluding hydrogens is 280 g/mol. The van der Waals surface area contributed by atoms with Crippen LogP contribution in [0.3, 0.4) is 0 Å². The van der Waals surface area contributed by atoms with Crippen LogP contribution in [-0.4, -0.2) is 25.5 Å². The highest BCUT2D eigenvalue weighted by molar-refractivity contribution is 5.91. The number of hydrogen-bond donors (Lipinski definition) is 2. The predicted molar refractivity (Wildman–Crippen MR) is 81.7 cm³/mol. The van der Waals surface area contributed by atoms with E-state index in [4.69, 9.17) is 5.73 Å². The van der Waals surface area contributed by atoms with Gasteiger partial charge in [-0.05, 0) is 36.7 Å². The highest BCUT2D eigenvalue weighted by atomic mass is 35.5. The van der Waals surface area contributed by atoms with Crippen LogP contribution in [0.25, 0.3) is 6.08 Å². The highest BCUT2D eigenvalue weighted by Crippen LogP contribution is 2.11. The average Bonchev–Trinajstić information content (AvgIpc) is 2.44. The lowest BCUT2D eigenvalue weighted by Crippen LogP contribution is -2.13. The van der Waals surface area contributed by atoms with Crippen LogP contribution in [0, 0.1) is 0 Å². The number of carbonyl (C=O) groups excluding carboxylic acids is 2. The molecular formula is C14H19ClN2O3. The van der Waals surface area contributed by atoms with Gasteiger partial charge in [-0.1, -0.05) is 12.1 Å². The molecule has 0 aromatic heterocycles. The van der Waals surface area contributed by atoms with Crippen molar-refractivity contribution < 1.29 is 14.3 Å². The Labute approximate surface area is 124 Å². The van der Waals surface area contributed by atoms with Crippen molar-refractivity contribution in [2.45, 2.75) is 12.8 Å². The van der Waals surface area contributed by atoms with Gasteiger partial charge in [0.1, 0.15) is 0 Å². The van der Waals surface area contributed by atoms with Gasteiger partial charge < -0.3 is 15.8 Å². The first-order valence-electron chi connectivity index (χ1n) is 6.01. The normalized spacial score (nSPS) is 9.90. The molecule has 110 valence electrons. The molecule has 0 fully saturated rings. The number of benzene rings is 1. The molecule has 0 radical (unpaired) electrons. The van der Waals surface area contributed by atoms with E-state index in [1.807, 2.05) is 0 Å². The Morgan fingerprint density at radius 1 is 1.30 bits per heavy atom. The Hall–Kier alpha value is -1.85. The molecule has 1 aromatic carbocycles. The van der Waals surface area contributed by atoms with Crippen molar-refractivity contribution >= 4 is 36.0 Å². The first kappa shape index (κ1) is 18.1. The van der Waals surface area contributed by atoms with Crippen molar-refractivity contribution in [1.82, 2.24) is 0 Å². The van der Waals surface area contributed by atoms with Crippen LogP contribution < -0.4 is 11.1 Å². The van der Waals surface area contributed by atoms with E-state index in [1.165, 1.54) is 13.2 Å². The lowest BCUT2D eigenvalue weighted by molar-refractivity contribution is -0.134. The van der Waals surface area contributed by atoms with Gasteiger partial charge in [-0.15, -0.1) is 12.4 Å². The second-order valence-electron chi connectivity index (χ2n) is 3.92. The molecule has 20 heavy (non-hydrogen) atoms. The van der Waals surface area contributed by atoms with Crippen LogP contribution >= 0.6 is 12.4 Å². The first-order chi connectivity index (χ1) is 9.15. The fraction of sp³-hybridized carbons (Fsp3) is 0.286. The lowest BCUT2D eigenvalue weighted by Gasteiger charge is -2.04. The monoisotopic (exact) mass is 298 g/mol. The number of hydrogen-bond acceptors (Lipinski definition) is 4. The van der Waals surface area contributed by atoms with Crippen LogP contribution in [0.2, 0.25) is 0 Å². The molecule has 0 aliphatic rings. The van der Waals surface area contributed by atoms with Gasteiger partial charge in [0.25, 0.3) is 0 Å². The number of carbonyl (C=O) groups is 2. The molecule has 0 aliphatic carbocycles. The minimum absolute atomic E-state index is 0. The second-order valence-corrected chi connectivity index (χ2v) is 3.92. The first-order valence-corrected chi connectivity index (χ1v) is 6.01. The summed E-state index contributed by atoms with van der Waals surface area (Å²) in [5, 5.41) is 2.77. The third-order valence-electron chi connectivity index (χ3n) is 2.42. The number of rotatable bonds is 6. The minimum atomic E-state index is -0.404. The van der Waals surface area contributed by atoms with Crippen molar-refractivity contribution in [3.63, 3.8) is 0 Å². The number of amides is 1. The molecule has 0 atom stereocenters. The smallest absolute Gasteiger partial charge is 0.330 e. The highest BCUT2D eigenvalue weighted by Gasteiger charge is 2.01. The third kappa shape index (κ3) is 6.92. The zero-order valence-electron chi connectivity index (χ0n) is 11.3. The van der Waals surface area contributed by atoms with Crippen molar-refractivity contribution in [2.24, 2.45) is 5.73 Å². The van der Waals surface area contributed by atoms with Crippen LogP contribution in [0.4, 0.5) is 5.69 Å². The Kier molecular flexibility index (Phi) is 9.07. The third-order valence-corrected chi connectivity index (χ3v) is 2.42. The molecule has 1 aromatic rings. The fourth-order valence-corrected chi connectivity index (χ4v) is 1.40. The maximum Gasteiger partial charge on any atom is 0.330 e. The molecule has 0 saturated carbocycles. The number of esters is 1. The topological polar surface area (TPSA) is 81.4 Å². The summed E-state index contributed by atoms with van der Waals surface area (Å²) in [6, 6.07) is 7.16. The van der Waals surface area contributed by atoms with E-state index in [2.05, 4.69) is 10.1 Å². The number of ether oxygens (including phenoxy) is 1. The molecule has 3 N–H and O–H groups in total. The van der Waals surface area contributed by atoms with Gasteiger partial charge in [-0.3, -0.25) is 4.79 Å². The standard InChI is InChI=1S/C14H18N2O3.ClH/c1-19-14(18)9-6-11-4-7-12(8-5-11)16-13(17)3-2-10-15;/h4-9H,2-3,10,15H2,1H3,(H,16,17);1H. The maximum atomic E-state index is 11.5. The van der Waals surface area contributed by atoms with E-state index in [1.54, 1.807) is 30.3 Å². The fourth-order valence-electron chi connectivity index (χ4n) is 1.40. The molecule has 0 saturated heterocycles. The summed E-state index contributed by atoms with van der Waals surface area (Å²) >= 11 is 0. The summed E-state index contributed by atoms with van der Waals surface area (Å²) in [5.41, 5.74) is 6.91. The summed E-state index contributed by atoms with van der Waals surface area (Å²) < 4.78 is 4.49. The zero-order chi connectivity index (χ0) is 14.1. The van der Waals surface area contributed by atoms with Gasteiger partial charge >= 0.3 is 5.97 Å². The summed E-state index contributed by atoms with van der Waals surface area (Å²) in [7, 11) is 1.33. The number of anilines is 1. The van der Waals surface area contributed by atoms with Crippen LogP contribution in [0.15, 0.2) is 30.3 Å². The largest absolute Gasteiger partial charge is 0.466 e. The molecule has 0 heterocycles. The molecule has 0 aliphatic heterocycles. The van der Waals surface area contributed by atoms with Crippen LogP contribution in [0.1, 0.15) is 18.4 Å². The lowest BCUT2D eigenvalue weighted by atomic mass is 10.2. The molecule has 5 nitrogen and oxygen atoms in total. The molecule has 1 rings (SSSR count). The van der Waals surface area contributed by atoms with Crippen molar-refractivity contribution in [3.05, 3.63) is 35.9 Å². The Morgan fingerprint density at radius 2 is 1.95 bits per heavy atom. The minimum Gasteiger partial charge on any atom is -0.466 e. The van der Waals surface area contributed by atoms with Crippen molar-refractivity contribution in [1.29, 1.82) is 0 Å². The molecule has 0 spiro atoms. The molecule has 0 unspecified atom stereocenters. The van der Waals surface area contributed by atoms with E-state index in [-0.39, 0.29) is 18.3 Å². The molecule has 1 amide bonds. The predicted octanol–water partition coefficient (Wildman–Crippen LogP) is 1.97. The number of halogens is 1. The van der Waals surface area contributed by atoms with E-state index in [9.17, 15) is 9.59 Å². The van der Waals surface area contributed by atoms with Crippen LogP contribution in [0.5, 0.6) is 0 Å². The quantitative estimate of drug-likeness (QED) is 0.621. The summed E-state index contributed by atoms with van der Waals surface area (Å²) in [5.74, 6) is -0.456. The zero-order valence-corrected chi connectivity index (χ0v) is 12.1. The van der Waals surface area contributed by atoms with E-state index in [0.717, 1.165) is 11.3 Å². The Morgan fingerprint density at radius 3 is 2.50 bits per heavy atom. The number of methoxy groups -OCH3 is 1. The maximum absolute atomic E-state index is 11.5. The summed E-state index contributed by atoms with van der Waals surface area (Å²) in [4.78, 5) is 22.4. The summed E-state index contributed by atoms with van der Waals surface area (Å²) in [6.45, 7) is 0.505. The number of nitrogens with two attached hydrogens (primary N) is 1. The Bertz CT molecular complexity index is 458. The van der Waals surface area contributed by atoms with Gasteiger partial charge in [0.05, 0.1) is 7.11 Å². The summed E-state index contributed by atoms with van der Waals surface area (Å²) in [6.07, 6.45) is 4.08. The van der Waals surface area contributed by atoms with Crippen molar-refractivity contribution in [3.8, 4) is 0 Å². The van der Waals surface area contributed by atoms with Gasteiger partial charge in [0, 0.05) is 18.2 Å². The Balaban J connectivity index is 0.00000361. The van der Waals surface area contributed by atoms with Crippen LogP contribution in [-0.2, 0) is 14.3 Å². The van der Waals surface area contributed by atoms with Gasteiger partial charge in [-0.25, -0.2) is 4.79 Å².